The smallest absolute Gasteiger partial charge is 0.339 e. The summed E-state index contributed by atoms with van der Waals surface area (Å²) in [5.41, 5.74) is 6.18. The molecule has 0 aromatic heterocycles. The monoisotopic (exact) mass is 497 g/mol. The summed E-state index contributed by atoms with van der Waals surface area (Å²) in [6.45, 7) is 2.04. The molecule has 3 amide bonds. The number of benzene rings is 2. The van der Waals surface area contributed by atoms with Crippen LogP contribution in [0.25, 0.3) is 0 Å². The zero-order valence-electron chi connectivity index (χ0n) is 19.8. The fourth-order valence-electron chi connectivity index (χ4n) is 3.75. The van der Waals surface area contributed by atoms with Gasteiger partial charge in [0.05, 0.1) is 11.3 Å². The third-order valence-corrected chi connectivity index (χ3v) is 6.82. The predicted octanol–water partition coefficient (Wildman–Crippen LogP) is 3.40. The van der Waals surface area contributed by atoms with E-state index in [2.05, 4.69) is 16.2 Å². The molecule has 0 spiro atoms. The molecule has 0 atom stereocenters. The highest BCUT2D eigenvalue weighted by molar-refractivity contribution is 8.00. The molecule has 8 nitrogen and oxygen atoms in total. The molecule has 1 saturated carbocycles. The normalized spacial score (nSPS) is 13.5. The van der Waals surface area contributed by atoms with Crippen molar-refractivity contribution in [2.75, 3.05) is 18.9 Å². The fourth-order valence-corrected chi connectivity index (χ4v) is 4.62. The van der Waals surface area contributed by atoms with Crippen LogP contribution in [0.3, 0.4) is 0 Å². The molecular formula is C26H31N3O5S. The Balaban J connectivity index is 1.41. The largest absolute Gasteiger partial charge is 0.452 e. The van der Waals surface area contributed by atoms with Gasteiger partial charge in [0, 0.05) is 17.0 Å². The number of esters is 1. The average molecular weight is 498 g/mol. The second kappa shape index (κ2) is 13.5. The van der Waals surface area contributed by atoms with Crippen molar-refractivity contribution in [3.63, 3.8) is 0 Å². The summed E-state index contributed by atoms with van der Waals surface area (Å²) in [6, 6.07) is 13.6. The zero-order valence-corrected chi connectivity index (χ0v) is 20.6. The van der Waals surface area contributed by atoms with Gasteiger partial charge in [-0.1, -0.05) is 49.1 Å². The number of ether oxygens (including phenoxy) is 1. The standard InChI is InChI=1S/C26H31N3O5S/c1-18-11-13-20(14-12-18)25(32)29-28-23(30)16-34-26(33)21-9-5-6-10-22(21)35-17-24(31)27-15-19-7-3-2-4-8-19/h5-6,9-14,19H,2-4,7-8,15-17H2,1H3,(H,27,31)(H,28,30)(H,29,32). The fraction of sp³-hybridized carbons (Fsp3) is 0.385. The highest BCUT2D eigenvalue weighted by Gasteiger charge is 2.17. The van der Waals surface area contributed by atoms with Crippen molar-refractivity contribution in [1.82, 2.24) is 16.2 Å². The van der Waals surface area contributed by atoms with Crippen LogP contribution in [0, 0.1) is 12.8 Å². The number of amides is 3. The summed E-state index contributed by atoms with van der Waals surface area (Å²) in [7, 11) is 0. The first-order valence-electron chi connectivity index (χ1n) is 11.7. The van der Waals surface area contributed by atoms with E-state index in [1.807, 2.05) is 6.92 Å². The first-order valence-corrected chi connectivity index (χ1v) is 12.7. The van der Waals surface area contributed by atoms with Crippen molar-refractivity contribution in [1.29, 1.82) is 0 Å². The van der Waals surface area contributed by atoms with Crippen LogP contribution in [0.5, 0.6) is 0 Å². The third kappa shape index (κ3) is 8.75. The van der Waals surface area contributed by atoms with Gasteiger partial charge in [0.15, 0.2) is 6.61 Å². The van der Waals surface area contributed by atoms with Crippen LogP contribution >= 0.6 is 11.8 Å². The summed E-state index contributed by atoms with van der Waals surface area (Å²) >= 11 is 1.25. The van der Waals surface area contributed by atoms with Crippen molar-refractivity contribution >= 4 is 35.5 Å². The first-order chi connectivity index (χ1) is 16.9. The van der Waals surface area contributed by atoms with Gasteiger partial charge in [-0.3, -0.25) is 25.2 Å². The van der Waals surface area contributed by atoms with Crippen LogP contribution in [-0.4, -0.2) is 42.6 Å². The summed E-state index contributed by atoms with van der Waals surface area (Å²) < 4.78 is 5.10. The molecular weight excluding hydrogens is 466 g/mol. The number of rotatable bonds is 9. The molecule has 0 unspecified atom stereocenters. The van der Waals surface area contributed by atoms with Crippen LogP contribution in [-0.2, 0) is 14.3 Å². The number of nitrogens with one attached hydrogen (secondary N) is 3. The van der Waals surface area contributed by atoms with Gasteiger partial charge in [-0.2, -0.15) is 0 Å². The van der Waals surface area contributed by atoms with Crippen LogP contribution in [0.2, 0.25) is 0 Å². The Labute approximate surface area is 209 Å². The van der Waals surface area contributed by atoms with E-state index in [0.717, 1.165) is 18.4 Å². The summed E-state index contributed by atoms with van der Waals surface area (Å²) in [5, 5.41) is 2.99. The van der Waals surface area contributed by atoms with Gasteiger partial charge < -0.3 is 10.1 Å². The number of carbonyl (C=O) groups is 4. The highest BCUT2D eigenvalue weighted by Crippen LogP contribution is 2.24. The van der Waals surface area contributed by atoms with Crippen LogP contribution in [0.4, 0.5) is 0 Å². The van der Waals surface area contributed by atoms with Gasteiger partial charge >= 0.3 is 5.97 Å². The first kappa shape index (κ1) is 26.3. The van der Waals surface area contributed by atoms with E-state index < -0.39 is 24.4 Å². The lowest BCUT2D eigenvalue weighted by atomic mass is 9.89. The number of hydrogen-bond acceptors (Lipinski definition) is 6. The molecule has 186 valence electrons. The van der Waals surface area contributed by atoms with Crippen LogP contribution < -0.4 is 16.2 Å². The topological polar surface area (TPSA) is 114 Å². The maximum atomic E-state index is 12.5. The number of thioether (sulfide) groups is 1. The Kier molecular flexibility index (Phi) is 10.2. The lowest BCUT2D eigenvalue weighted by Gasteiger charge is -2.21. The minimum absolute atomic E-state index is 0.0764. The van der Waals surface area contributed by atoms with E-state index in [1.54, 1.807) is 48.5 Å². The van der Waals surface area contributed by atoms with Crippen molar-refractivity contribution < 1.29 is 23.9 Å². The Hall–Kier alpha value is -3.33. The molecule has 0 bridgehead atoms. The van der Waals surface area contributed by atoms with Gasteiger partial charge in [0.2, 0.25) is 5.91 Å². The molecule has 9 heteroatoms. The van der Waals surface area contributed by atoms with E-state index in [4.69, 9.17) is 4.74 Å². The maximum absolute atomic E-state index is 12.5. The second-order valence-electron chi connectivity index (χ2n) is 8.54. The van der Waals surface area contributed by atoms with Gasteiger partial charge in [-0.25, -0.2) is 4.79 Å². The molecule has 2 aromatic rings. The number of carbonyl (C=O) groups excluding carboxylic acids is 4. The summed E-state index contributed by atoms with van der Waals surface area (Å²) in [6.07, 6.45) is 6.04. The highest BCUT2D eigenvalue weighted by atomic mass is 32.2. The van der Waals surface area contributed by atoms with E-state index >= 15 is 0 Å². The molecule has 0 saturated heterocycles. The molecule has 1 aliphatic rings. The Bertz CT molecular complexity index is 1040. The van der Waals surface area contributed by atoms with Crippen molar-refractivity contribution in [3.05, 3.63) is 65.2 Å². The van der Waals surface area contributed by atoms with E-state index in [0.29, 0.717) is 22.9 Å². The lowest BCUT2D eigenvalue weighted by molar-refractivity contribution is -0.125. The molecule has 35 heavy (non-hydrogen) atoms. The van der Waals surface area contributed by atoms with E-state index in [1.165, 1.54) is 31.0 Å². The molecule has 1 aliphatic carbocycles. The average Bonchev–Trinajstić information content (AvgIpc) is 2.89. The predicted molar refractivity (Wildman–Crippen MR) is 134 cm³/mol. The van der Waals surface area contributed by atoms with Crippen molar-refractivity contribution in [2.24, 2.45) is 5.92 Å². The molecule has 1 fully saturated rings. The minimum atomic E-state index is -0.685. The van der Waals surface area contributed by atoms with Gasteiger partial charge in [0.25, 0.3) is 11.8 Å². The maximum Gasteiger partial charge on any atom is 0.339 e. The van der Waals surface area contributed by atoms with Gasteiger partial charge in [-0.05, 0) is 49.9 Å². The Morgan fingerprint density at radius 2 is 1.63 bits per heavy atom. The molecule has 0 heterocycles. The van der Waals surface area contributed by atoms with E-state index in [-0.39, 0.29) is 17.2 Å². The van der Waals surface area contributed by atoms with Gasteiger partial charge in [0.1, 0.15) is 0 Å². The molecule has 0 radical (unpaired) electrons. The molecule has 3 rings (SSSR count). The zero-order chi connectivity index (χ0) is 25.0. The lowest BCUT2D eigenvalue weighted by Crippen LogP contribution is -2.43. The summed E-state index contributed by atoms with van der Waals surface area (Å²) in [5.74, 6) is -1.18. The third-order valence-electron chi connectivity index (χ3n) is 5.74. The van der Waals surface area contributed by atoms with Crippen molar-refractivity contribution in [2.45, 2.75) is 43.9 Å². The Morgan fingerprint density at radius 1 is 0.914 bits per heavy atom. The van der Waals surface area contributed by atoms with Gasteiger partial charge in [-0.15, -0.1) is 11.8 Å². The number of aryl methyl sites for hydroxylation is 1. The number of hydrazine groups is 1. The van der Waals surface area contributed by atoms with Crippen LogP contribution in [0.15, 0.2) is 53.4 Å². The quantitative estimate of drug-likeness (QED) is 0.278. The molecule has 3 N–H and O–H groups in total. The molecule has 2 aromatic carbocycles. The number of hydrogen-bond donors (Lipinski definition) is 3. The van der Waals surface area contributed by atoms with Crippen molar-refractivity contribution in [3.8, 4) is 0 Å². The second-order valence-corrected chi connectivity index (χ2v) is 9.55. The molecule has 0 aliphatic heterocycles. The Morgan fingerprint density at radius 3 is 2.37 bits per heavy atom. The minimum Gasteiger partial charge on any atom is -0.452 e. The van der Waals surface area contributed by atoms with Crippen LogP contribution in [0.1, 0.15) is 58.4 Å². The van der Waals surface area contributed by atoms with E-state index in [9.17, 15) is 19.2 Å². The summed E-state index contributed by atoms with van der Waals surface area (Å²) in [4.78, 5) is 49.5. The SMILES string of the molecule is Cc1ccc(C(=O)NNC(=O)COC(=O)c2ccccc2SCC(=O)NCC2CCCCC2)cc1.